The van der Waals surface area contributed by atoms with Crippen LogP contribution in [0.2, 0.25) is 0 Å². The van der Waals surface area contributed by atoms with Gasteiger partial charge < -0.3 is 9.64 Å². The highest BCUT2D eigenvalue weighted by atomic mass is 32.2. The van der Waals surface area contributed by atoms with Crippen LogP contribution in [0.15, 0.2) is 40.9 Å². The van der Waals surface area contributed by atoms with E-state index in [-0.39, 0.29) is 0 Å². The Bertz CT molecular complexity index is 897. The second kappa shape index (κ2) is 6.99. The number of methoxy groups -OCH3 is 1. The van der Waals surface area contributed by atoms with E-state index < -0.39 is 0 Å². The van der Waals surface area contributed by atoms with Crippen molar-refractivity contribution in [1.29, 1.82) is 5.26 Å². The average molecular weight is 350 g/mol. The maximum absolute atomic E-state index is 9.50. The largest absolute Gasteiger partial charge is 0.497 e. The minimum Gasteiger partial charge on any atom is -0.497 e. The van der Waals surface area contributed by atoms with E-state index in [0.29, 0.717) is 22.8 Å². The summed E-state index contributed by atoms with van der Waals surface area (Å²) in [4.78, 5) is 11.1. The first-order valence-corrected chi connectivity index (χ1v) is 8.93. The van der Waals surface area contributed by atoms with Gasteiger partial charge in [0.15, 0.2) is 0 Å². The zero-order valence-corrected chi connectivity index (χ0v) is 15.2. The van der Waals surface area contributed by atoms with E-state index in [2.05, 4.69) is 22.6 Å². The molecule has 6 heteroatoms. The lowest BCUT2D eigenvalue weighted by atomic mass is 10.0. The predicted molar refractivity (Wildman–Crippen MR) is 101 cm³/mol. The number of benzene rings is 1. The number of nitriles is 1. The van der Waals surface area contributed by atoms with Gasteiger partial charge in [0.05, 0.1) is 24.8 Å². The van der Waals surface area contributed by atoms with Gasteiger partial charge in [0.25, 0.3) is 0 Å². The molecule has 0 fully saturated rings. The molecule has 0 radical (unpaired) electrons. The molecule has 5 nitrogen and oxygen atoms in total. The van der Waals surface area contributed by atoms with Crippen molar-refractivity contribution in [3.05, 3.63) is 53.2 Å². The third-order valence-corrected chi connectivity index (χ3v) is 4.78. The van der Waals surface area contributed by atoms with Crippen molar-refractivity contribution in [3.63, 3.8) is 0 Å². The second-order valence-corrected chi connectivity index (χ2v) is 6.38. The molecule has 3 rings (SSSR count). The van der Waals surface area contributed by atoms with Crippen molar-refractivity contribution in [2.24, 2.45) is 4.99 Å². The van der Waals surface area contributed by atoms with Gasteiger partial charge in [0, 0.05) is 17.8 Å². The first-order chi connectivity index (χ1) is 12.1. The molecule has 0 bridgehead atoms. The Labute approximate surface area is 151 Å². The quantitative estimate of drug-likeness (QED) is 0.776. The molecule has 0 unspecified atom stereocenters. The van der Waals surface area contributed by atoms with Crippen LogP contribution in [0.25, 0.3) is 5.70 Å². The Hall–Kier alpha value is -2.78. The van der Waals surface area contributed by atoms with Crippen LogP contribution in [0, 0.1) is 18.3 Å². The maximum Gasteiger partial charge on any atom is 0.118 e. The zero-order chi connectivity index (χ0) is 18.0. The van der Waals surface area contributed by atoms with E-state index in [1.54, 1.807) is 13.4 Å². The van der Waals surface area contributed by atoms with Crippen LogP contribution in [0.5, 0.6) is 5.75 Å². The molecule has 1 aromatic heterocycles. The highest BCUT2D eigenvalue weighted by Gasteiger charge is 2.24. The molecule has 0 saturated heterocycles. The zero-order valence-electron chi connectivity index (χ0n) is 14.4. The summed E-state index contributed by atoms with van der Waals surface area (Å²) in [7, 11) is 1.65. The van der Waals surface area contributed by atoms with Crippen LogP contribution in [-0.4, -0.2) is 29.6 Å². The molecule has 0 amide bonds. The fraction of sp³-hybridized carbons (Fsp3) is 0.211. The Morgan fingerprint density at radius 1 is 1.32 bits per heavy atom. The van der Waals surface area contributed by atoms with Gasteiger partial charge in [-0.2, -0.15) is 5.26 Å². The summed E-state index contributed by atoms with van der Waals surface area (Å²) in [6.45, 7) is 6.78. The van der Waals surface area contributed by atoms with Gasteiger partial charge in [-0.15, -0.1) is 11.8 Å². The average Bonchev–Trinajstić information content (AvgIpc) is 2.64. The molecule has 126 valence electrons. The Morgan fingerprint density at radius 3 is 2.64 bits per heavy atom. The number of ether oxygens (including phenoxy) is 1. The molecule has 1 aliphatic rings. The molecular formula is C19H18N4OS. The van der Waals surface area contributed by atoms with Gasteiger partial charge in [-0.25, -0.2) is 9.98 Å². The molecule has 25 heavy (non-hydrogen) atoms. The number of rotatable bonds is 4. The normalized spacial score (nSPS) is 12.7. The van der Waals surface area contributed by atoms with E-state index >= 15 is 0 Å². The standard InChI is InChI=1S/C19H18N4OS/c1-12-17-13(2)23(10-14-5-7-15(24-3)8-6-14)11-21-18(17)16(9-20)19(22-12)25-4/h5-8,11H,2,10H2,1,3-4H3. The van der Waals surface area contributed by atoms with Crippen molar-refractivity contribution in [3.8, 4) is 11.8 Å². The van der Waals surface area contributed by atoms with Crippen LogP contribution in [0.1, 0.15) is 22.4 Å². The van der Waals surface area contributed by atoms with Crippen LogP contribution < -0.4 is 4.74 Å². The van der Waals surface area contributed by atoms with Gasteiger partial charge in [0.1, 0.15) is 22.4 Å². The number of pyridine rings is 1. The van der Waals surface area contributed by atoms with Crippen molar-refractivity contribution in [1.82, 2.24) is 9.88 Å². The smallest absolute Gasteiger partial charge is 0.118 e. The molecule has 2 heterocycles. The van der Waals surface area contributed by atoms with E-state index in [9.17, 15) is 5.26 Å². The molecular weight excluding hydrogens is 332 g/mol. The predicted octanol–water partition coefficient (Wildman–Crippen LogP) is 4.14. The lowest BCUT2D eigenvalue weighted by Gasteiger charge is -2.28. The lowest BCUT2D eigenvalue weighted by molar-refractivity contribution is 0.414. The van der Waals surface area contributed by atoms with Crippen LogP contribution in [0.3, 0.4) is 0 Å². The fourth-order valence-electron chi connectivity index (χ4n) is 2.79. The maximum atomic E-state index is 9.50. The number of hydrogen-bond donors (Lipinski definition) is 0. The van der Waals surface area contributed by atoms with E-state index in [4.69, 9.17) is 4.74 Å². The SMILES string of the molecule is C=C1c2c(C)nc(SC)c(C#N)c2N=CN1Cc1ccc(OC)cc1. The molecule has 0 saturated carbocycles. The van der Waals surface area contributed by atoms with Gasteiger partial charge in [0.2, 0.25) is 0 Å². The van der Waals surface area contributed by atoms with Crippen LogP contribution >= 0.6 is 11.8 Å². The number of thioether (sulfide) groups is 1. The van der Waals surface area contributed by atoms with Crippen LogP contribution in [0.4, 0.5) is 5.69 Å². The summed E-state index contributed by atoms with van der Waals surface area (Å²) >= 11 is 1.45. The molecule has 0 atom stereocenters. The molecule has 1 aromatic carbocycles. The summed E-state index contributed by atoms with van der Waals surface area (Å²) < 4.78 is 5.19. The highest BCUT2D eigenvalue weighted by Crippen LogP contribution is 2.39. The highest BCUT2D eigenvalue weighted by molar-refractivity contribution is 7.98. The monoisotopic (exact) mass is 350 g/mol. The minimum atomic E-state index is 0.509. The molecule has 2 aromatic rings. The lowest BCUT2D eigenvalue weighted by Crippen LogP contribution is -2.23. The molecule has 0 spiro atoms. The topological polar surface area (TPSA) is 61.5 Å². The second-order valence-electron chi connectivity index (χ2n) is 5.58. The first kappa shape index (κ1) is 17.1. The Morgan fingerprint density at radius 2 is 2.04 bits per heavy atom. The summed E-state index contributed by atoms with van der Waals surface area (Å²) in [5, 5.41) is 10.2. The van der Waals surface area contributed by atoms with Crippen molar-refractivity contribution >= 4 is 29.5 Å². The first-order valence-electron chi connectivity index (χ1n) is 7.70. The number of fused-ring (bicyclic) bond motifs is 1. The molecule has 0 aliphatic carbocycles. The number of aromatic nitrogens is 1. The van der Waals surface area contributed by atoms with Gasteiger partial charge in [-0.1, -0.05) is 18.7 Å². The Balaban J connectivity index is 1.96. The van der Waals surface area contributed by atoms with Gasteiger partial charge in [-0.3, -0.25) is 0 Å². The van der Waals surface area contributed by atoms with Gasteiger partial charge >= 0.3 is 0 Å². The third kappa shape index (κ3) is 3.11. The third-order valence-electron chi connectivity index (χ3n) is 4.10. The number of aryl methyl sites for hydroxylation is 1. The van der Waals surface area contributed by atoms with E-state index in [1.165, 1.54) is 11.8 Å². The summed E-state index contributed by atoms with van der Waals surface area (Å²) in [5.41, 5.74) is 4.76. The summed E-state index contributed by atoms with van der Waals surface area (Å²) in [6.07, 6.45) is 3.64. The van der Waals surface area contributed by atoms with Crippen LogP contribution in [-0.2, 0) is 6.54 Å². The number of aliphatic imine (C=N–C) groups is 1. The fourth-order valence-corrected chi connectivity index (χ4v) is 3.36. The Kier molecular flexibility index (Phi) is 4.77. The van der Waals surface area contributed by atoms with Crippen molar-refractivity contribution in [2.45, 2.75) is 18.5 Å². The van der Waals surface area contributed by atoms with E-state index in [1.807, 2.05) is 42.3 Å². The summed E-state index contributed by atoms with van der Waals surface area (Å²) in [6, 6.07) is 10.1. The van der Waals surface area contributed by atoms with Crippen molar-refractivity contribution < 1.29 is 4.74 Å². The number of hydrogen-bond acceptors (Lipinski definition) is 6. The minimum absolute atomic E-state index is 0.509. The summed E-state index contributed by atoms with van der Waals surface area (Å²) in [5.74, 6) is 0.823. The molecule has 0 N–H and O–H groups in total. The van der Waals surface area contributed by atoms with Gasteiger partial charge in [-0.05, 0) is 30.9 Å². The molecule has 1 aliphatic heterocycles. The van der Waals surface area contributed by atoms with E-state index in [0.717, 1.165) is 28.3 Å². The van der Waals surface area contributed by atoms with Crippen molar-refractivity contribution in [2.75, 3.05) is 13.4 Å². The number of nitrogens with zero attached hydrogens (tertiary/aromatic N) is 4.